The Labute approximate surface area is 344 Å². The van der Waals surface area contributed by atoms with Gasteiger partial charge in [-0.2, -0.15) is 4.98 Å². The minimum atomic E-state index is -4.08. The van der Waals surface area contributed by atoms with E-state index in [0.717, 1.165) is 5.01 Å². The Morgan fingerprint density at radius 1 is 0.836 bits per heavy atom. The maximum absolute atomic E-state index is 12.7. The van der Waals surface area contributed by atoms with Gasteiger partial charge in [0.1, 0.15) is 26.4 Å². The minimum absolute atomic E-state index is 0.00245. The summed E-state index contributed by atoms with van der Waals surface area (Å²) in [6.07, 6.45) is 4.31. The molecule has 296 valence electrons. The van der Waals surface area contributed by atoms with Crippen molar-refractivity contribution < 1.29 is 36.2 Å². The molecule has 25 heteroatoms. The number of aromatic nitrogens is 5. The fourth-order valence-electron chi connectivity index (χ4n) is 3.93. The molecule has 2 atom stereocenters. The van der Waals surface area contributed by atoms with Crippen molar-refractivity contribution in [1.82, 2.24) is 24.9 Å². The van der Waals surface area contributed by atoms with E-state index >= 15 is 0 Å². The molecular formula is C30H31Cl4N9O8S4. The molecule has 0 spiro atoms. The lowest BCUT2D eigenvalue weighted by atomic mass is 10.4. The average molecular weight is 916 g/mol. The summed E-state index contributed by atoms with van der Waals surface area (Å²) in [4.78, 5) is 20.1. The van der Waals surface area contributed by atoms with E-state index in [1.165, 1.54) is 86.1 Å². The van der Waals surface area contributed by atoms with E-state index in [0.29, 0.717) is 10.8 Å². The number of sulfonamides is 2. The van der Waals surface area contributed by atoms with Gasteiger partial charge in [-0.1, -0.05) is 58.5 Å². The van der Waals surface area contributed by atoms with E-state index in [2.05, 4.69) is 34.4 Å². The van der Waals surface area contributed by atoms with Crippen LogP contribution in [0.5, 0.6) is 17.6 Å². The molecule has 2 aromatic carbocycles. The van der Waals surface area contributed by atoms with Gasteiger partial charge in [0.15, 0.2) is 0 Å². The highest BCUT2D eigenvalue weighted by Crippen LogP contribution is 2.34. The molecule has 0 fully saturated rings. The zero-order chi connectivity index (χ0) is 40.3. The smallest absolute Gasteiger partial charge is 0.264 e. The second-order valence-corrected chi connectivity index (χ2v) is 17.3. The van der Waals surface area contributed by atoms with Gasteiger partial charge < -0.3 is 30.8 Å². The van der Waals surface area contributed by atoms with Gasteiger partial charge in [0.2, 0.25) is 17.5 Å². The van der Waals surface area contributed by atoms with Crippen LogP contribution in [0.4, 0.5) is 11.6 Å². The van der Waals surface area contributed by atoms with Gasteiger partial charge >= 0.3 is 0 Å². The van der Waals surface area contributed by atoms with Crippen molar-refractivity contribution in [2.75, 3.05) is 42.6 Å². The number of benzene rings is 2. The molecule has 0 bridgehead atoms. The number of hydrogen-bond acceptors (Lipinski definition) is 17. The molecule has 0 saturated heterocycles. The molecular weight excluding hydrogens is 884 g/mol. The first-order chi connectivity index (χ1) is 26.1. The van der Waals surface area contributed by atoms with E-state index in [1.54, 1.807) is 6.20 Å². The summed E-state index contributed by atoms with van der Waals surface area (Å²) >= 11 is 26.6. The standard InChI is InChI=1S/C16H15Cl2N5O3S3.C14H16Cl2N4O5S/c1-26-15-14(23-29(24,25)11-4-2-3-9(17)13(11)18)21-7-12(22-15)28-8-10(19)16-20-5-6-27-16;1-24-14-13(18-5-11(19-14)25-7-8(17)6-21)20-26(22,23)10-4-2-3-9(15)12(10)16/h2-7,10H,8,19H2,1H3,(H,21,23);2-5,8,21H,6-7,17H2,1H3,(H,18,20)/t;8-/m.1/s1. The molecule has 55 heavy (non-hydrogen) atoms. The van der Waals surface area contributed by atoms with Crippen LogP contribution in [0.2, 0.25) is 20.1 Å². The molecule has 17 nitrogen and oxygen atoms in total. The zero-order valence-electron chi connectivity index (χ0n) is 28.4. The van der Waals surface area contributed by atoms with Crippen molar-refractivity contribution in [2.24, 2.45) is 11.5 Å². The lowest BCUT2D eigenvalue weighted by Gasteiger charge is -2.13. The van der Waals surface area contributed by atoms with E-state index < -0.39 is 26.1 Å². The summed E-state index contributed by atoms with van der Waals surface area (Å²) in [7, 11) is -5.48. The number of ether oxygens (including phenoxy) is 3. The molecule has 0 aliphatic rings. The van der Waals surface area contributed by atoms with Crippen LogP contribution in [0.15, 0.2) is 75.2 Å². The van der Waals surface area contributed by atoms with Crippen molar-refractivity contribution in [3.05, 3.63) is 85.5 Å². The topological polar surface area (TPSA) is 257 Å². The normalized spacial score (nSPS) is 12.5. The predicted octanol–water partition coefficient (Wildman–Crippen LogP) is 5.13. The Bertz CT molecular complexity index is 2300. The van der Waals surface area contributed by atoms with Crippen molar-refractivity contribution in [1.29, 1.82) is 0 Å². The number of aliphatic hydroxyl groups excluding tert-OH is 1. The molecule has 7 N–H and O–H groups in total. The number of methoxy groups -OCH3 is 2. The predicted molar refractivity (Wildman–Crippen MR) is 212 cm³/mol. The minimum Gasteiger partial charge on any atom is -0.478 e. The largest absolute Gasteiger partial charge is 0.478 e. The summed E-state index contributed by atoms with van der Waals surface area (Å²) in [5.41, 5.74) is 11.6. The number of thioether (sulfide) groups is 1. The second kappa shape index (κ2) is 20.1. The third kappa shape index (κ3) is 12.0. The number of anilines is 2. The van der Waals surface area contributed by atoms with Crippen LogP contribution >= 0.6 is 69.5 Å². The first-order valence-electron chi connectivity index (χ1n) is 15.1. The summed E-state index contributed by atoms with van der Waals surface area (Å²) in [5.74, 6) is 0.226. The molecule has 0 radical (unpaired) electrons. The Kier molecular flexibility index (Phi) is 16.2. The number of nitrogens with zero attached hydrogens (tertiary/aromatic N) is 5. The molecule has 0 aliphatic heterocycles. The molecule has 1 unspecified atom stereocenters. The van der Waals surface area contributed by atoms with Gasteiger partial charge in [-0.3, -0.25) is 9.44 Å². The number of halogens is 4. The number of nitrogens with one attached hydrogen (secondary N) is 2. The molecule has 3 aromatic heterocycles. The van der Waals surface area contributed by atoms with Crippen LogP contribution in [0, 0.1) is 0 Å². The zero-order valence-corrected chi connectivity index (χ0v) is 34.7. The molecule has 0 saturated carbocycles. The highest BCUT2D eigenvalue weighted by Gasteiger charge is 2.24. The maximum atomic E-state index is 12.7. The fraction of sp³-hybridized carbons (Fsp3) is 0.233. The average Bonchev–Trinajstić information content (AvgIpc) is 3.71. The monoisotopic (exact) mass is 913 g/mol. The molecule has 0 aliphatic carbocycles. The van der Waals surface area contributed by atoms with Gasteiger partial charge in [-0.25, -0.2) is 36.8 Å². The Hall–Kier alpha value is -3.48. The van der Waals surface area contributed by atoms with Gasteiger partial charge in [0.05, 0.1) is 65.4 Å². The van der Waals surface area contributed by atoms with E-state index in [9.17, 15) is 16.8 Å². The number of hydrogen-bond donors (Lipinski definition) is 5. The van der Waals surface area contributed by atoms with Crippen LogP contribution in [0.25, 0.3) is 0 Å². The van der Waals surface area contributed by atoms with Crippen molar-refractivity contribution in [2.45, 2.75) is 26.9 Å². The Morgan fingerprint density at radius 2 is 1.38 bits per heavy atom. The molecule has 5 rings (SSSR count). The van der Waals surface area contributed by atoms with E-state index in [4.69, 9.17) is 77.2 Å². The molecule has 5 aromatic rings. The first-order valence-corrected chi connectivity index (χ1v) is 21.5. The van der Waals surface area contributed by atoms with Crippen LogP contribution in [-0.4, -0.2) is 86.1 Å². The maximum Gasteiger partial charge on any atom is 0.264 e. The number of nitrogens with two attached hydrogens (primary N) is 2. The van der Waals surface area contributed by atoms with Crippen LogP contribution in [0.3, 0.4) is 0 Å². The number of rotatable bonds is 16. The van der Waals surface area contributed by atoms with Crippen LogP contribution in [0.1, 0.15) is 11.0 Å². The Balaban J connectivity index is 0.000000246. The van der Waals surface area contributed by atoms with Crippen LogP contribution < -0.4 is 35.1 Å². The lowest BCUT2D eigenvalue weighted by Crippen LogP contribution is -2.31. The second-order valence-electron chi connectivity index (χ2n) is 10.5. The van der Waals surface area contributed by atoms with Crippen molar-refractivity contribution in [3.8, 4) is 17.6 Å². The SMILES string of the molecule is COc1nc(OC[C@H](N)CO)cnc1NS(=O)(=O)c1cccc(Cl)c1Cl.COc1nc(SCC(N)c2nccs2)cnc1NS(=O)(=O)c1cccc(Cl)c1Cl. The molecule has 3 heterocycles. The highest BCUT2D eigenvalue weighted by atomic mass is 35.5. The molecule has 0 amide bonds. The summed E-state index contributed by atoms with van der Waals surface area (Å²) in [6.45, 7) is -0.264. The third-order valence-electron chi connectivity index (χ3n) is 6.56. The summed E-state index contributed by atoms with van der Waals surface area (Å²) in [6, 6.07) is 7.68. The summed E-state index contributed by atoms with van der Waals surface area (Å²) in [5, 5.41) is 12.1. The number of aliphatic hydroxyl groups is 1. The van der Waals surface area contributed by atoms with E-state index in [-0.39, 0.29) is 78.4 Å². The fourth-order valence-corrected chi connectivity index (χ4v) is 9.00. The highest BCUT2D eigenvalue weighted by molar-refractivity contribution is 7.99. The van der Waals surface area contributed by atoms with Gasteiger partial charge in [0, 0.05) is 17.3 Å². The van der Waals surface area contributed by atoms with Crippen molar-refractivity contribution in [3.63, 3.8) is 0 Å². The summed E-state index contributed by atoms with van der Waals surface area (Å²) < 4.78 is 70.4. The van der Waals surface area contributed by atoms with Crippen LogP contribution in [-0.2, 0) is 20.0 Å². The van der Waals surface area contributed by atoms with Gasteiger partial charge in [-0.05, 0) is 24.3 Å². The van der Waals surface area contributed by atoms with E-state index in [1.807, 2.05) is 5.38 Å². The Morgan fingerprint density at radius 3 is 1.89 bits per heavy atom. The van der Waals surface area contributed by atoms with Gasteiger partial charge in [0.25, 0.3) is 31.8 Å². The van der Waals surface area contributed by atoms with Gasteiger partial charge in [-0.15, -0.1) is 23.1 Å². The quantitative estimate of drug-likeness (QED) is 0.0804. The number of thiazole rings is 1. The third-order valence-corrected chi connectivity index (χ3v) is 13.1. The lowest BCUT2D eigenvalue weighted by molar-refractivity contribution is 0.201. The first kappa shape index (κ1) is 44.2. The van der Waals surface area contributed by atoms with Crippen molar-refractivity contribution >= 4 is 101 Å².